The Kier molecular flexibility index (Phi) is 5.62. The smallest absolute Gasteiger partial charge is 0.276 e. The van der Waals surface area contributed by atoms with Gasteiger partial charge in [-0.15, -0.1) is 0 Å². The molecule has 0 fully saturated rings. The number of sulfonamides is 1. The molecular weight excluding hydrogens is 384 g/mol. The maximum Gasteiger partial charge on any atom is 0.276 e. The van der Waals surface area contributed by atoms with E-state index in [1.807, 2.05) is 12.1 Å². The van der Waals surface area contributed by atoms with Crippen LogP contribution in [0.25, 0.3) is 11.3 Å². The predicted octanol–water partition coefficient (Wildman–Crippen LogP) is 4.17. The van der Waals surface area contributed by atoms with Crippen LogP contribution in [0.3, 0.4) is 0 Å². The summed E-state index contributed by atoms with van der Waals surface area (Å²) in [6.45, 7) is 4.10. The lowest BCUT2D eigenvalue weighted by molar-refractivity contribution is 0.584. The van der Waals surface area contributed by atoms with Crippen molar-refractivity contribution in [1.82, 2.24) is 15.0 Å². The van der Waals surface area contributed by atoms with Crippen LogP contribution in [0.4, 0.5) is 0 Å². The second-order valence-corrected chi connectivity index (χ2v) is 8.38. The van der Waals surface area contributed by atoms with E-state index >= 15 is 0 Å². The lowest BCUT2D eigenvalue weighted by Crippen LogP contribution is -2.18. The second kappa shape index (κ2) is 7.94. The Bertz CT molecular complexity index is 1040. The number of aromatic nitrogens is 2. The molecule has 2 N–H and O–H groups in total. The molecule has 0 atom stereocenters. The molecule has 3 aromatic rings. The van der Waals surface area contributed by atoms with Gasteiger partial charge in [0, 0.05) is 16.1 Å². The molecule has 8 heteroatoms. The van der Waals surface area contributed by atoms with Gasteiger partial charge in [0.15, 0.2) is 0 Å². The van der Waals surface area contributed by atoms with Gasteiger partial charge in [-0.05, 0) is 35.7 Å². The van der Waals surface area contributed by atoms with Crippen molar-refractivity contribution in [3.8, 4) is 11.3 Å². The average molecular weight is 403 g/mol. The predicted molar refractivity (Wildman–Crippen MR) is 107 cm³/mol. The second-order valence-electron chi connectivity index (χ2n) is 6.28. The quantitative estimate of drug-likeness (QED) is 0.479. The van der Waals surface area contributed by atoms with E-state index in [2.05, 4.69) is 34.0 Å². The topological polar surface area (TPSA) is 87.2 Å². The maximum absolute atomic E-state index is 12.4. The number of hydrogen-bond donors (Lipinski definition) is 2. The summed E-state index contributed by atoms with van der Waals surface area (Å²) in [6.07, 6.45) is 2.98. The number of halogens is 1. The third-order valence-electron chi connectivity index (χ3n) is 4.04. The fourth-order valence-corrected chi connectivity index (χ4v) is 3.41. The van der Waals surface area contributed by atoms with Gasteiger partial charge in [0.2, 0.25) is 0 Å². The molecule has 140 valence electrons. The van der Waals surface area contributed by atoms with E-state index in [1.54, 1.807) is 42.6 Å². The van der Waals surface area contributed by atoms with Crippen molar-refractivity contribution >= 4 is 27.8 Å². The van der Waals surface area contributed by atoms with Gasteiger partial charge in [0.1, 0.15) is 0 Å². The molecule has 3 rings (SSSR count). The number of hydrazone groups is 1. The fourth-order valence-electron chi connectivity index (χ4n) is 2.49. The Hall–Kier alpha value is -2.64. The highest BCUT2D eigenvalue weighted by molar-refractivity contribution is 7.89. The molecular formula is C19H19ClN4O2S. The zero-order valence-corrected chi connectivity index (χ0v) is 16.4. The summed E-state index contributed by atoms with van der Waals surface area (Å²) in [5.41, 5.74) is 3.31. The van der Waals surface area contributed by atoms with Gasteiger partial charge in [0.25, 0.3) is 10.0 Å². The Labute approximate surface area is 163 Å². The molecule has 0 aliphatic carbocycles. The normalized spacial score (nSPS) is 12.0. The first kappa shape index (κ1) is 19.1. The third-order valence-corrected chi connectivity index (χ3v) is 5.53. The Morgan fingerprint density at radius 2 is 1.78 bits per heavy atom. The third kappa shape index (κ3) is 4.56. The number of aromatic amines is 1. The number of rotatable bonds is 6. The number of hydrogen-bond acceptors (Lipinski definition) is 4. The van der Waals surface area contributed by atoms with Gasteiger partial charge in [-0.1, -0.05) is 49.7 Å². The monoisotopic (exact) mass is 402 g/mol. The van der Waals surface area contributed by atoms with Crippen molar-refractivity contribution in [2.45, 2.75) is 24.7 Å². The molecule has 0 saturated carbocycles. The molecule has 0 spiro atoms. The summed E-state index contributed by atoms with van der Waals surface area (Å²) in [5.74, 6) is 0.333. The molecule has 0 unspecified atom stereocenters. The summed E-state index contributed by atoms with van der Waals surface area (Å²) in [5, 5.41) is 11.4. The van der Waals surface area contributed by atoms with Gasteiger partial charge in [0.05, 0.1) is 23.0 Å². The van der Waals surface area contributed by atoms with Crippen molar-refractivity contribution in [2.75, 3.05) is 0 Å². The molecule has 1 heterocycles. The molecule has 0 saturated heterocycles. The molecule has 0 radical (unpaired) electrons. The van der Waals surface area contributed by atoms with Crippen molar-refractivity contribution in [1.29, 1.82) is 0 Å². The van der Waals surface area contributed by atoms with E-state index in [0.29, 0.717) is 16.5 Å². The minimum Gasteiger partial charge on any atom is -0.277 e. The van der Waals surface area contributed by atoms with E-state index < -0.39 is 10.0 Å². The molecule has 6 nitrogen and oxygen atoms in total. The molecule has 1 aromatic heterocycles. The summed E-state index contributed by atoms with van der Waals surface area (Å²) < 4.78 is 24.7. The molecule has 0 aliphatic heterocycles. The molecule has 0 aliphatic rings. The van der Waals surface area contributed by atoms with Gasteiger partial charge >= 0.3 is 0 Å². The number of nitrogens with zero attached hydrogens (tertiary/aromatic N) is 2. The van der Waals surface area contributed by atoms with Crippen LogP contribution in [-0.2, 0) is 10.0 Å². The van der Waals surface area contributed by atoms with Crippen LogP contribution < -0.4 is 4.83 Å². The Morgan fingerprint density at radius 3 is 2.41 bits per heavy atom. The first-order chi connectivity index (χ1) is 12.9. The fraction of sp³-hybridized carbons (Fsp3) is 0.158. The summed E-state index contributed by atoms with van der Waals surface area (Å²) >= 11 is 5.90. The van der Waals surface area contributed by atoms with E-state index in [0.717, 1.165) is 16.8 Å². The van der Waals surface area contributed by atoms with Crippen LogP contribution in [0, 0.1) is 0 Å². The minimum atomic E-state index is -3.74. The van der Waals surface area contributed by atoms with Gasteiger partial charge in [-0.3, -0.25) is 5.10 Å². The highest BCUT2D eigenvalue weighted by atomic mass is 35.5. The summed E-state index contributed by atoms with van der Waals surface area (Å²) in [7, 11) is -3.74. The van der Waals surface area contributed by atoms with Crippen molar-refractivity contribution in [3.05, 3.63) is 70.9 Å². The first-order valence-corrected chi connectivity index (χ1v) is 10.2. The SMILES string of the molecule is CC(C)c1ccc(S(=O)(=O)N/N=C/c2cn[nH]c2-c2ccc(Cl)cc2)cc1. The number of nitrogens with one attached hydrogen (secondary N) is 2. The van der Waals surface area contributed by atoms with Gasteiger partial charge < -0.3 is 0 Å². The van der Waals surface area contributed by atoms with Crippen LogP contribution in [0.1, 0.15) is 30.9 Å². The first-order valence-electron chi connectivity index (χ1n) is 8.31. The highest BCUT2D eigenvalue weighted by Crippen LogP contribution is 2.22. The zero-order chi connectivity index (χ0) is 19.4. The largest absolute Gasteiger partial charge is 0.277 e. The molecule has 0 bridgehead atoms. The van der Waals surface area contributed by atoms with Crippen LogP contribution in [-0.4, -0.2) is 24.8 Å². The van der Waals surface area contributed by atoms with Gasteiger partial charge in [-0.2, -0.15) is 18.6 Å². The van der Waals surface area contributed by atoms with Crippen LogP contribution in [0.2, 0.25) is 5.02 Å². The standard InChI is InChI=1S/C19H19ClN4O2S/c1-13(2)14-5-9-18(10-6-14)27(25,26)24-22-12-16-11-21-23-19(16)15-3-7-17(20)8-4-15/h3-13,24H,1-2H3,(H,21,23)/b22-12+. The van der Waals surface area contributed by atoms with E-state index in [4.69, 9.17) is 11.6 Å². The summed E-state index contributed by atoms with van der Waals surface area (Å²) in [4.78, 5) is 2.39. The highest BCUT2D eigenvalue weighted by Gasteiger charge is 2.13. The zero-order valence-electron chi connectivity index (χ0n) is 14.8. The average Bonchev–Trinajstić information content (AvgIpc) is 3.11. The summed E-state index contributed by atoms with van der Waals surface area (Å²) in [6, 6.07) is 14.0. The molecule has 2 aromatic carbocycles. The lowest BCUT2D eigenvalue weighted by Gasteiger charge is -2.07. The molecule has 27 heavy (non-hydrogen) atoms. The van der Waals surface area contributed by atoms with Crippen molar-refractivity contribution in [2.24, 2.45) is 5.10 Å². The van der Waals surface area contributed by atoms with E-state index in [-0.39, 0.29) is 4.90 Å². The van der Waals surface area contributed by atoms with Crippen LogP contribution >= 0.6 is 11.6 Å². The van der Waals surface area contributed by atoms with E-state index in [1.165, 1.54) is 6.21 Å². The number of H-pyrrole nitrogens is 1. The van der Waals surface area contributed by atoms with Crippen molar-refractivity contribution in [3.63, 3.8) is 0 Å². The molecule has 0 amide bonds. The Balaban J connectivity index is 1.75. The Morgan fingerprint density at radius 1 is 1.11 bits per heavy atom. The van der Waals surface area contributed by atoms with Crippen LogP contribution in [0.15, 0.2) is 64.7 Å². The maximum atomic E-state index is 12.4. The van der Waals surface area contributed by atoms with Crippen LogP contribution in [0.5, 0.6) is 0 Å². The number of benzene rings is 2. The van der Waals surface area contributed by atoms with E-state index in [9.17, 15) is 8.42 Å². The van der Waals surface area contributed by atoms with Gasteiger partial charge in [-0.25, -0.2) is 4.83 Å². The van der Waals surface area contributed by atoms with Crippen molar-refractivity contribution < 1.29 is 8.42 Å². The lowest BCUT2D eigenvalue weighted by atomic mass is 10.0. The minimum absolute atomic E-state index is 0.161.